The lowest BCUT2D eigenvalue weighted by atomic mass is 10.1. The Bertz CT molecular complexity index is 3730. The maximum Gasteiger partial charge on any atom is 0.179 e. The zero-order valence-corrected chi connectivity index (χ0v) is 36.0. The van der Waals surface area contributed by atoms with Crippen LogP contribution in [0.4, 0.5) is 0 Å². The summed E-state index contributed by atoms with van der Waals surface area (Å²) >= 11 is 0. The van der Waals surface area contributed by atoms with Gasteiger partial charge in [0.2, 0.25) is 0 Å². The van der Waals surface area contributed by atoms with Gasteiger partial charge in [0.1, 0.15) is 0 Å². The fourth-order valence-corrected chi connectivity index (χ4v) is 15.8. The zero-order chi connectivity index (χ0) is 42.2. The van der Waals surface area contributed by atoms with Gasteiger partial charge in [-0.2, -0.15) is 0 Å². The first-order valence-electron chi connectivity index (χ1n) is 22.1. The first-order valence-corrected chi connectivity index (χ1v) is 24.1. The molecule has 0 aliphatic heterocycles. The molecule has 13 rings (SSSR count). The summed E-state index contributed by atoms with van der Waals surface area (Å²) in [6.45, 7) is 0. The summed E-state index contributed by atoms with van der Waals surface area (Å²) in [5.74, 6) is 0. The molecule has 0 amide bonds. The molecule has 3 heterocycles. The number of aromatic nitrogens is 3. The maximum absolute atomic E-state index is 2.84. The molecule has 0 aliphatic carbocycles. The Hall–Kier alpha value is -8.18. The Balaban J connectivity index is 1.17. The minimum atomic E-state index is -2.84. The van der Waals surface area contributed by atoms with Crippen molar-refractivity contribution in [2.24, 2.45) is 0 Å². The molecule has 3 aromatic heterocycles. The Morgan fingerprint density at radius 1 is 0.250 bits per heavy atom. The largest absolute Gasteiger partial charge is 0.309 e. The van der Waals surface area contributed by atoms with Crippen molar-refractivity contribution < 1.29 is 0 Å². The minimum Gasteiger partial charge on any atom is -0.309 e. The van der Waals surface area contributed by atoms with Gasteiger partial charge in [-0.15, -0.1) is 0 Å². The lowest BCUT2D eigenvalue weighted by Gasteiger charge is -2.34. The second-order valence-corrected chi connectivity index (χ2v) is 20.6. The Labute approximate surface area is 372 Å². The second-order valence-electron chi connectivity index (χ2n) is 16.8. The van der Waals surface area contributed by atoms with E-state index in [1.165, 1.54) is 86.3 Å². The van der Waals surface area contributed by atoms with Gasteiger partial charge in [0.25, 0.3) is 0 Å². The van der Waals surface area contributed by atoms with Gasteiger partial charge in [0.15, 0.2) is 8.07 Å². The smallest absolute Gasteiger partial charge is 0.179 e. The lowest BCUT2D eigenvalue weighted by molar-refractivity contribution is 1.13. The van der Waals surface area contributed by atoms with Crippen molar-refractivity contribution in [1.29, 1.82) is 0 Å². The van der Waals surface area contributed by atoms with Crippen LogP contribution in [0, 0.1) is 0 Å². The number of rotatable bonds is 7. The molecule has 0 saturated heterocycles. The number of benzene rings is 10. The van der Waals surface area contributed by atoms with E-state index >= 15 is 0 Å². The van der Waals surface area contributed by atoms with Crippen LogP contribution < -0.4 is 20.7 Å². The highest BCUT2D eigenvalue weighted by atomic mass is 28.3. The monoisotopic (exact) mass is 831 g/mol. The normalized spacial score (nSPS) is 12.1. The van der Waals surface area contributed by atoms with Crippen molar-refractivity contribution in [3.05, 3.63) is 249 Å². The van der Waals surface area contributed by atoms with Crippen molar-refractivity contribution in [3.63, 3.8) is 0 Å². The third-order valence-corrected chi connectivity index (χ3v) is 18.3. The number of fused-ring (bicyclic) bond motifs is 9. The second kappa shape index (κ2) is 14.5. The van der Waals surface area contributed by atoms with E-state index in [4.69, 9.17) is 0 Å². The molecule has 3 nitrogen and oxygen atoms in total. The van der Waals surface area contributed by atoms with E-state index in [2.05, 4.69) is 262 Å². The van der Waals surface area contributed by atoms with E-state index in [1.807, 2.05) is 0 Å². The molecular formula is C60H41N3Si. The van der Waals surface area contributed by atoms with E-state index in [0.29, 0.717) is 0 Å². The Morgan fingerprint density at radius 2 is 0.656 bits per heavy atom. The molecule has 0 N–H and O–H groups in total. The summed E-state index contributed by atoms with van der Waals surface area (Å²) in [5.41, 5.74) is 10.5. The van der Waals surface area contributed by atoms with Crippen molar-refractivity contribution in [2.75, 3.05) is 0 Å². The molecule has 64 heavy (non-hydrogen) atoms. The molecule has 0 unspecified atom stereocenters. The van der Waals surface area contributed by atoms with Crippen LogP contribution in [-0.2, 0) is 0 Å². The van der Waals surface area contributed by atoms with Crippen LogP contribution in [0.5, 0.6) is 0 Å². The number of nitrogens with zero attached hydrogens (tertiary/aromatic N) is 3. The quantitative estimate of drug-likeness (QED) is 0.112. The number of hydrogen-bond acceptors (Lipinski definition) is 0. The van der Waals surface area contributed by atoms with Gasteiger partial charge in [0.05, 0.1) is 44.5 Å². The van der Waals surface area contributed by atoms with Crippen molar-refractivity contribution in [3.8, 4) is 17.1 Å². The molecule has 0 fully saturated rings. The van der Waals surface area contributed by atoms with Crippen LogP contribution >= 0.6 is 0 Å². The third kappa shape index (κ3) is 5.21. The number of para-hydroxylation sites is 5. The summed E-state index contributed by atoms with van der Waals surface area (Å²) in [6, 6.07) is 92.3. The highest BCUT2D eigenvalue weighted by molar-refractivity contribution is 7.20. The Kier molecular flexibility index (Phi) is 8.23. The predicted octanol–water partition coefficient (Wildman–Crippen LogP) is 12.4. The van der Waals surface area contributed by atoms with Gasteiger partial charge in [-0.05, 0) is 75.3 Å². The number of hydrogen-bond donors (Lipinski definition) is 0. The summed E-state index contributed by atoms with van der Waals surface area (Å²) in [6.07, 6.45) is 0. The van der Waals surface area contributed by atoms with E-state index in [0.717, 1.165) is 16.9 Å². The van der Waals surface area contributed by atoms with Gasteiger partial charge < -0.3 is 13.7 Å². The van der Waals surface area contributed by atoms with Gasteiger partial charge in [-0.25, -0.2) is 0 Å². The van der Waals surface area contributed by atoms with Gasteiger partial charge in [-0.3, -0.25) is 0 Å². The van der Waals surface area contributed by atoms with E-state index in [-0.39, 0.29) is 0 Å². The van der Waals surface area contributed by atoms with Gasteiger partial charge in [-0.1, -0.05) is 194 Å². The van der Waals surface area contributed by atoms with Crippen molar-refractivity contribution in [1.82, 2.24) is 13.7 Å². The topological polar surface area (TPSA) is 14.8 Å². The summed E-state index contributed by atoms with van der Waals surface area (Å²) in [4.78, 5) is 0. The molecule has 4 heteroatoms. The predicted molar refractivity (Wildman–Crippen MR) is 273 cm³/mol. The van der Waals surface area contributed by atoms with Crippen LogP contribution in [-0.4, -0.2) is 21.8 Å². The Morgan fingerprint density at radius 3 is 1.20 bits per heavy atom. The highest BCUT2D eigenvalue weighted by Gasteiger charge is 2.41. The summed E-state index contributed by atoms with van der Waals surface area (Å²) in [7, 11) is -2.84. The van der Waals surface area contributed by atoms with Crippen LogP contribution in [0.3, 0.4) is 0 Å². The standard InChI is InChI=1S/C60H41N3Si/c1-5-21-42(22-6-1)61-55-36-20-37-56(62-52-33-16-13-29-47(52)48-30-14-17-34-53(48)62)59(55)51-32-19-38-57(60(51)61)63-54-35-18-15-31-49(54)50-40-39-46(41-58(50)63)64(43-23-7-2-8-24-43,44-25-9-3-10-26-44)45-27-11-4-12-28-45/h1-41H. The molecule has 0 saturated carbocycles. The zero-order valence-electron chi connectivity index (χ0n) is 35.0. The molecule has 300 valence electrons. The molecular weight excluding hydrogens is 791 g/mol. The molecule has 0 spiro atoms. The van der Waals surface area contributed by atoms with E-state index in [1.54, 1.807) is 0 Å². The summed E-state index contributed by atoms with van der Waals surface area (Å²) < 4.78 is 7.52. The average molecular weight is 832 g/mol. The van der Waals surface area contributed by atoms with Crippen LogP contribution in [0.1, 0.15) is 0 Å². The van der Waals surface area contributed by atoms with Crippen LogP contribution in [0.2, 0.25) is 0 Å². The maximum atomic E-state index is 2.55. The molecule has 13 aromatic rings. The van der Waals surface area contributed by atoms with E-state index < -0.39 is 8.07 Å². The fraction of sp³-hybridized carbons (Fsp3) is 0. The highest BCUT2D eigenvalue weighted by Crippen LogP contribution is 2.43. The molecule has 0 aliphatic rings. The van der Waals surface area contributed by atoms with Crippen molar-refractivity contribution in [2.45, 2.75) is 0 Å². The first-order chi connectivity index (χ1) is 31.8. The van der Waals surface area contributed by atoms with Crippen molar-refractivity contribution >= 4 is 94.2 Å². The third-order valence-electron chi connectivity index (χ3n) is 13.6. The van der Waals surface area contributed by atoms with Gasteiger partial charge >= 0.3 is 0 Å². The molecule has 10 aromatic carbocycles. The SMILES string of the molecule is c1ccc(-n2c3cccc(-n4c5ccccc5c5ccccc54)c3c3cccc(-n4c5ccccc5c5ccc([Si](c6ccccc6)(c6ccccc6)c6ccccc6)cc54)c32)cc1. The first kappa shape index (κ1) is 36.5. The van der Waals surface area contributed by atoms with Gasteiger partial charge in [0, 0.05) is 38.0 Å². The molecule has 0 bridgehead atoms. The lowest BCUT2D eigenvalue weighted by Crippen LogP contribution is -2.74. The fourth-order valence-electron chi connectivity index (χ4n) is 11.0. The minimum absolute atomic E-state index is 1.12. The van der Waals surface area contributed by atoms with Crippen LogP contribution in [0.15, 0.2) is 249 Å². The van der Waals surface area contributed by atoms with Crippen LogP contribution in [0.25, 0.3) is 82.5 Å². The van der Waals surface area contributed by atoms with E-state index in [9.17, 15) is 0 Å². The molecule has 0 radical (unpaired) electrons. The molecule has 0 atom stereocenters. The summed E-state index contributed by atoms with van der Waals surface area (Å²) in [5, 5.41) is 12.8. The average Bonchev–Trinajstić information content (AvgIpc) is 4.01.